The van der Waals surface area contributed by atoms with Gasteiger partial charge in [0.2, 0.25) is 0 Å². The highest BCUT2D eigenvalue weighted by atomic mass is 16.5. The Labute approximate surface area is 110 Å². The Balaban J connectivity index is 2.40. The number of nitrogens with one attached hydrogen (secondary N) is 1. The van der Waals surface area contributed by atoms with Gasteiger partial charge in [-0.3, -0.25) is 0 Å². The quantitative estimate of drug-likeness (QED) is 0.842. The molecule has 1 atom stereocenters. The number of para-hydroxylation sites is 2. The maximum atomic E-state index is 5.79. The Hall–Kier alpha value is -1.22. The summed E-state index contributed by atoms with van der Waals surface area (Å²) in [6, 6.07) is 7.74. The minimum Gasteiger partial charge on any atom is -0.493 e. The number of methoxy groups -OCH3 is 1. The van der Waals surface area contributed by atoms with Crippen LogP contribution in [0.15, 0.2) is 24.3 Å². The van der Waals surface area contributed by atoms with Gasteiger partial charge in [0.25, 0.3) is 0 Å². The zero-order valence-corrected chi connectivity index (χ0v) is 12.1. The summed E-state index contributed by atoms with van der Waals surface area (Å²) >= 11 is 0. The average Bonchev–Trinajstić information content (AvgIpc) is 2.33. The molecule has 1 rings (SSSR count). The second kappa shape index (κ2) is 6.64. The molecule has 0 radical (unpaired) electrons. The molecule has 1 N–H and O–H groups in total. The highest BCUT2D eigenvalue weighted by molar-refractivity contribution is 5.39. The van der Waals surface area contributed by atoms with Crippen LogP contribution >= 0.6 is 0 Å². The van der Waals surface area contributed by atoms with E-state index >= 15 is 0 Å². The van der Waals surface area contributed by atoms with Crippen LogP contribution in [0, 0.1) is 5.92 Å². The van der Waals surface area contributed by atoms with Crippen molar-refractivity contribution in [1.82, 2.24) is 5.32 Å². The van der Waals surface area contributed by atoms with Crippen LogP contribution in [0.2, 0.25) is 0 Å². The number of rotatable bonds is 6. The minimum absolute atomic E-state index is 0.151. The minimum atomic E-state index is 0.151. The largest absolute Gasteiger partial charge is 0.493 e. The summed E-state index contributed by atoms with van der Waals surface area (Å²) in [6.07, 6.45) is 0. The van der Waals surface area contributed by atoms with Crippen molar-refractivity contribution in [3.8, 4) is 11.5 Å². The molecule has 1 aromatic rings. The van der Waals surface area contributed by atoms with E-state index in [9.17, 15) is 0 Å². The Morgan fingerprint density at radius 3 is 2.33 bits per heavy atom. The molecule has 0 aromatic heterocycles. The van der Waals surface area contributed by atoms with E-state index in [1.54, 1.807) is 7.11 Å². The van der Waals surface area contributed by atoms with Crippen molar-refractivity contribution >= 4 is 0 Å². The zero-order chi connectivity index (χ0) is 13.6. The lowest BCUT2D eigenvalue weighted by Gasteiger charge is -2.23. The smallest absolute Gasteiger partial charge is 0.161 e. The molecule has 3 nitrogen and oxygen atoms in total. The van der Waals surface area contributed by atoms with Gasteiger partial charge in [-0.2, -0.15) is 0 Å². The lowest BCUT2D eigenvalue weighted by Crippen LogP contribution is -2.39. The van der Waals surface area contributed by atoms with Gasteiger partial charge in [-0.25, -0.2) is 0 Å². The van der Waals surface area contributed by atoms with E-state index in [0.717, 1.165) is 18.0 Å². The predicted octanol–water partition coefficient (Wildman–Crippen LogP) is 3.10. The predicted molar refractivity (Wildman–Crippen MR) is 75.4 cm³/mol. The summed E-state index contributed by atoms with van der Waals surface area (Å²) in [5, 5.41) is 3.48. The molecule has 0 saturated heterocycles. The van der Waals surface area contributed by atoms with Gasteiger partial charge >= 0.3 is 0 Å². The van der Waals surface area contributed by atoms with Crippen molar-refractivity contribution in [1.29, 1.82) is 0 Å². The van der Waals surface area contributed by atoms with Crippen molar-refractivity contribution in [2.24, 2.45) is 5.92 Å². The van der Waals surface area contributed by atoms with Crippen LogP contribution in [0.1, 0.15) is 27.7 Å². The molecule has 0 aliphatic rings. The highest BCUT2D eigenvalue weighted by Gasteiger charge is 2.12. The molecule has 0 amide bonds. The fraction of sp³-hybridized carbons (Fsp3) is 0.600. The van der Waals surface area contributed by atoms with Crippen molar-refractivity contribution in [3.05, 3.63) is 24.3 Å². The van der Waals surface area contributed by atoms with Gasteiger partial charge in [0.1, 0.15) is 0 Å². The van der Waals surface area contributed by atoms with Gasteiger partial charge in [0.05, 0.1) is 13.7 Å². The summed E-state index contributed by atoms with van der Waals surface area (Å²) in [4.78, 5) is 0. The third-order valence-electron chi connectivity index (χ3n) is 2.57. The summed E-state index contributed by atoms with van der Waals surface area (Å²) in [5.74, 6) is 2.05. The Bertz CT molecular complexity index is 358. The monoisotopic (exact) mass is 251 g/mol. The SMILES string of the molecule is COc1ccccc1OCC(C)CNC(C)(C)C. The molecule has 0 spiro atoms. The van der Waals surface area contributed by atoms with Crippen LogP contribution < -0.4 is 14.8 Å². The molecule has 0 fully saturated rings. The average molecular weight is 251 g/mol. The number of benzene rings is 1. The normalized spacial score (nSPS) is 13.2. The molecule has 3 heteroatoms. The van der Waals surface area contributed by atoms with Crippen molar-refractivity contribution in [3.63, 3.8) is 0 Å². The fourth-order valence-electron chi connectivity index (χ4n) is 1.51. The van der Waals surface area contributed by atoms with Crippen LogP contribution in [0.25, 0.3) is 0 Å². The van der Waals surface area contributed by atoms with E-state index in [-0.39, 0.29) is 5.54 Å². The topological polar surface area (TPSA) is 30.5 Å². The first-order valence-corrected chi connectivity index (χ1v) is 6.43. The number of hydrogen-bond donors (Lipinski definition) is 1. The molecule has 102 valence electrons. The second-order valence-electron chi connectivity index (χ2n) is 5.70. The first kappa shape index (κ1) is 14.8. The molecular formula is C15H25NO2. The van der Waals surface area contributed by atoms with Crippen molar-refractivity contribution in [2.45, 2.75) is 33.2 Å². The third kappa shape index (κ3) is 5.41. The van der Waals surface area contributed by atoms with Crippen LogP contribution in [0.5, 0.6) is 11.5 Å². The van der Waals surface area contributed by atoms with Gasteiger partial charge in [0, 0.05) is 18.0 Å². The second-order valence-corrected chi connectivity index (χ2v) is 5.70. The summed E-state index contributed by atoms with van der Waals surface area (Å²) in [7, 11) is 1.66. The van der Waals surface area contributed by atoms with E-state index in [4.69, 9.17) is 9.47 Å². The summed E-state index contributed by atoms with van der Waals surface area (Å²) in [6.45, 7) is 10.3. The first-order chi connectivity index (χ1) is 8.42. The fourth-order valence-corrected chi connectivity index (χ4v) is 1.51. The Kier molecular flexibility index (Phi) is 5.48. The maximum absolute atomic E-state index is 5.79. The zero-order valence-electron chi connectivity index (χ0n) is 12.1. The molecule has 0 aliphatic carbocycles. The molecule has 0 bridgehead atoms. The van der Waals surface area contributed by atoms with Gasteiger partial charge < -0.3 is 14.8 Å². The summed E-state index contributed by atoms with van der Waals surface area (Å²) < 4.78 is 11.0. The van der Waals surface area contributed by atoms with Crippen molar-refractivity contribution in [2.75, 3.05) is 20.3 Å². The molecule has 18 heavy (non-hydrogen) atoms. The van der Waals surface area contributed by atoms with E-state index in [1.807, 2.05) is 24.3 Å². The van der Waals surface area contributed by atoms with E-state index in [0.29, 0.717) is 12.5 Å². The van der Waals surface area contributed by atoms with Crippen LogP contribution in [0.3, 0.4) is 0 Å². The maximum Gasteiger partial charge on any atom is 0.161 e. The first-order valence-electron chi connectivity index (χ1n) is 6.43. The van der Waals surface area contributed by atoms with Crippen molar-refractivity contribution < 1.29 is 9.47 Å². The molecule has 0 heterocycles. The van der Waals surface area contributed by atoms with Gasteiger partial charge in [0.15, 0.2) is 11.5 Å². The van der Waals surface area contributed by atoms with Crippen LogP contribution in [-0.4, -0.2) is 25.8 Å². The van der Waals surface area contributed by atoms with Gasteiger partial charge in [-0.05, 0) is 32.9 Å². The Morgan fingerprint density at radius 1 is 1.17 bits per heavy atom. The molecule has 0 aliphatic heterocycles. The third-order valence-corrected chi connectivity index (χ3v) is 2.57. The van der Waals surface area contributed by atoms with Gasteiger partial charge in [-0.1, -0.05) is 19.1 Å². The highest BCUT2D eigenvalue weighted by Crippen LogP contribution is 2.26. The van der Waals surface area contributed by atoms with Crippen LogP contribution in [0.4, 0.5) is 0 Å². The van der Waals surface area contributed by atoms with Crippen LogP contribution in [-0.2, 0) is 0 Å². The van der Waals surface area contributed by atoms with E-state index in [2.05, 4.69) is 33.0 Å². The number of ether oxygens (including phenoxy) is 2. The standard InChI is InChI=1S/C15H25NO2/c1-12(10-16-15(2,3)4)11-18-14-9-7-6-8-13(14)17-5/h6-9,12,16H,10-11H2,1-5H3. The lowest BCUT2D eigenvalue weighted by atomic mass is 10.1. The van der Waals surface area contributed by atoms with Gasteiger partial charge in [-0.15, -0.1) is 0 Å². The molecule has 0 saturated carbocycles. The Morgan fingerprint density at radius 2 is 1.78 bits per heavy atom. The lowest BCUT2D eigenvalue weighted by molar-refractivity contribution is 0.234. The summed E-state index contributed by atoms with van der Waals surface area (Å²) in [5.41, 5.74) is 0.151. The van der Waals surface area contributed by atoms with E-state index < -0.39 is 0 Å². The van der Waals surface area contributed by atoms with E-state index in [1.165, 1.54) is 0 Å². The molecule has 1 aromatic carbocycles. The number of hydrogen-bond acceptors (Lipinski definition) is 3. The molecular weight excluding hydrogens is 226 g/mol. The molecule has 1 unspecified atom stereocenters.